The fourth-order valence-corrected chi connectivity index (χ4v) is 3.96. The Morgan fingerprint density at radius 1 is 1.20 bits per heavy atom. The van der Waals surface area contributed by atoms with Crippen LogP contribution in [-0.4, -0.2) is 18.2 Å². The Bertz CT molecular complexity index is 811. The molecule has 1 fully saturated rings. The van der Waals surface area contributed by atoms with Gasteiger partial charge in [0, 0.05) is 5.56 Å². The van der Waals surface area contributed by atoms with Gasteiger partial charge in [-0.3, -0.25) is 0 Å². The van der Waals surface area contributed by atoms with Crippen molar-refractivity contribution in [3.63, 3.8) is 0 Å². The largest absolute Gasteiger partial charge is 0.508 e. The summed E-state index contributed by atoms with van der Waals surface area (Å²) in [7, 11) is 1.35. The molecule has 3 rings (SSSR count). The third-order valence-corrected chi connectivity index (χ3v) is 5.35. The first-order chi connectivity index (χ1) is 11.8. The number of methoxy groups -OCH3 is 1. The number of aromatic hydroxyl groups is 1. The van der Waals surface area contributed by atoms with E-state index < -0.39 is 5.97 Å². The molecule has 0 saturated heterocycles. The SMILES string of the molecule is COC(=O)c1ccc(-c2cc(O)ccc2F)c(C2CCCC2(C)C)c1. The summed E-state index contributed by atoms with van der Waals surface area (Å²) in [5.74, 6) is -0.556. The van der Waals surface area contributed by atoms with Gasteiger partial charge in [0.1, 0.15) is 11.6 Å². The highest BCUT2D eigenvalue weighted by Crippen LogP contribution is 2.51. The van der Waals surface area contributed by atoms with Crippen LogP contribution < -0.4 is 0 Å². The highest BCUT2D eigenvalue weighted by molar-refractivity contribution is 5.90. The average Bonchev–Trinajstić information content (AvgIpc) is 2.95. The van der Waals surface area contributed by atoms with Crippen LogP contribution in [0.15, 0.2) is 36.4 Å². The van der Waals surface area contributed by atoms with E-state index in [1.54, 1.807) is 12.1 Å². The number of phenols is 1. The lowest BCUT2D eigenvalue weighted by atomic mass is 9.75. The lowest BCUT2D eigenvalue weighted by Crippen LogP contribution is -2.17. The first-order valence-corrected chi connectivity index (χ1v) is 8.54. The molecule has 1 unspecified atom stereocenters. The van der Waals surface area contributed by atoms with Gasteiger partial charge in [-0.05, 0) is 65.6 Å². The summed E-state index contributed by atoms with van der Waals surface area (Å²) in [5.41, 5.74) is 2.55. The molecule has 1 aliphatic carbocycles. The third kappa shape index (κ3) is 3.26. The summed E-state index contributed by atoms with van der Waals surface area (Å²) >= 11 is 0. The minimum absolute atomic E-state index is 0.0186. The topological polar surface area (TPSA) is 46.5 Å². The van der Waals surface area contributed by atoms with Crippen molar-refractivity contribution in [2.24, 2.45) is 5.41 Å². The van der Waals surface area contributed by atoms with E-state index in [9.17, 15) is 14.3 Å². The van der Waals surface area contributed by atoms with Gasteiger partial charge in [0.15, 0.2) is 0 Å². The van der Waals surface area contributed by atoms with Gasteiger partial charge >= 0.3 is 5.97 Å². The van der Waals surface area contributed by atoms with Gasteiger partial charge in [-0.1, -0.05) is 26.3 Å². The maximum Gasteiger partial charge on any atom is 0.337 e. The molecule has 1 aliphatic rings. The van der Waals surface area contributed by atoms with Gasteiger partial charge in [0.25, 0.3) is 0 Å². The summed E-state index contributed by atoms with van der Waals surface area (Å²) in [5, 5.41) is 9.80. The molecule has 0 heterocycles. The van der Waals surface area contributed by atoms with Gasteiger partial charge in [0.2, 0.25) is 0 Å². The van der Waals surface area contributed by atoms with Crippen LogP contribution in [0.2, 0.25) is 0 Å². The van der Waals surface area contributed by atoms with Crippen LogP contribution in [0, 0.1) is 11.2 Å². The molecule has 25 heavy (non-hydrogen) atoms. The molecule has 4 heteroatoms. The number of phenolic OH excluding ortho intramolecular Hbond substituents is 1. The van der Waals surface area contributed by atoms with Crippen molar-refractivity contribution in [1.82, 2.24) is 0 Å². The Hall–Kier alpha value is -2.36. The smallest absolute Gasteiger partial charge is 0.337 e. The number of hydrogen-bond donors (Lipinski definition) is 1. The zero-order chi connectivity index (χ0) is 18.2. The summed E-state index contributed by atoms with van der Waals surface area (Å²) in [6.45, 7) is 4.41. The lowest BCUT2D eigenvalue weighted by molar-refractivity contribution is 0.0600. The Morgan fingerprint density at radius 3 is 2.60 bits per heavy atom. The average molecular weight is 342 g/mol. The summed E-state index contributed by atoms with van der Waals surface area (Å²) < 4.78 is 19.3. The summed E-state index contributed by atoms with van der Waals surface area (Å²) in [4.78, 5) is 12.0. The van der Waals surface area contributed by atoms with E-state index in [1.807, 2.05) is 6.07 Å². The van der Waals surface area contributed by atoms with Crippen LogP contribution in [0.4, 0.5) is 4.39 Å². The summed E-state index contributed by atoms with van der Waals surface area (Å²) in [6, 6.07) is 9.27. The van der Waals surface area contributed by atoms with Crippen molar-refractivity contribution >= 4 is 5.97 Å². The Labute approximate surface area is 147 Å². The number of hydrogen-bond acceptors (Lipinski definition) is 3. The van der Waals surface area contributed by atoms with Gasteiger partial charge < -0.3 is 9.84 Å². The number of esters is 1. The van der Waals surface area contributed by atoms with Crippen molar-refractivity contribution in [1.29, 1.82) is 0 Å². The second kappa shape index (κ2) is 6.51. The number of ether oxygens (including phenoxy) is 1. The first-order valence-electron chi connectivity index (χ1n) is 8.54. The van der Waals surface area contributed by atoms with E-state index in [2.05, 4.69) is 13.8 Å². The lowest BCUT2D eigenvalue weighted by Gasteiger charge is -2.29. The maximum atomic E-state index is 14.4. The van der Waals surface area contributed by atoms with Crippen LogP contribution in [0.3, 0.4) is 0 Å². The molecular weight excluding hydrogens is 319 g/mol. The normalized spacial score (nSPS) is 19.0. The Balaban J connectivity index is 2.21. The van der Waals surface area contributed by atoms with Crippen LogP contribution >= 0.6 is 0 Å². The van der Waals surface area contributed by atoms with Crippen LogP contribution in [0.5, 0.6) is 5.75 Å². The Kier molecular flexibility index (Phi) is 4.55. The van der Waals surface area contributed by atoms with Gasteiger partial charge in [0.05, 0.1) is 12.7 Å². The van der Waals surface area contributed by atoms with Crippen molar-refractivity contribution < 1.29 is 19.0 Å². The molecule has 0 spiro atoms. The number of benzene rings is 2. The van der Waals surface area contributed by atoms with E-state index in [1.165, 1.54) is 25.3 Å². The number of carbonyl (C=O) groups excluding carboxylic acids is 1. The highest BCUT2D eigenvalue weighted by atomic mass is 19.1. The number of halogens is 1. The van der Waals surface area contributed by atoms with E-state index in [0.29, 0.717) is 11.1 Å². The maximum absolute atomic E-state index is 14.4. The van der Waals surface area contributed by atoms with E-state index in [4.69, 9.17) is 4.74 Å². The molecule has 1 saturated carbocycles. The molecule has 0 amide bonds. The minimum Gasteiger partial charge on any atom is -0.508 e. The molecule has 0 bridgehead atoms. The van der Waals surface area contributed by atoms with Crippen LogP contribution in [0.1, 0.15) is 54.9 Å². The predicted molar refractivity (Wildman–Crippen MR) is 95.2 cm³/mol. The molecular formula is C21H23FO3. The monoisotopic (exact) mass is 342 g/mol. The summed E-state index contributed by atoms with van der Waals surface area (Å²) in [6.07, 6.45) is 3.18. The fourth-order valence-electron chi connectivity index (χ4n) is 3.96. The molecule has 2 aromatic carbocycles. The van der Waals surface area contributed by atoms with Crippen molar-refractivity contribution in [3.05, 3.63) is 53.3 Å². The second-order valence-corrected chi connectivity index (χ2v) is 7.39. The predicted octanol–water partition coefficient (Wildman–Crippen LogP) is 5.28. The molecule has 0 radical (unpaired) electrons. The fraction of sp³-hybridized carbons (Fsp3) is 0.381. The quantitative estimate of drug-likeness (QED) is 0.772. The Morgan fingerprint density at radius 2 is 1.96 bits per heavy atom. The molecule has 0 aliphatic heterocycles. The number of rotatable bonds is 3. The molecule has 132 valence electrons. The number of carbonyl (C=O) groups is 1. The van der Waals surface area contributed by atoms with Gasteiger partial charge in [-0.15, -0.1) is 0 Å². The minimum atomic E-state index is -0.403. The van der Waals surface area contributed by atoms with Crippen LogP contribution in [0.25, 0.3) is 11.1 Å². The van der Waals surface area contributed by atoms with E-state index >= 15 is 0 Å². The zero-order valence-corrected chi connectivity index (χ0v) is 14.8. The first kappa shape index (κ1) is 17.5. The van der Waals surface area contributed by atoms with E-state index in [0.717, 1.165) is 30.4 Å². The van der Waals surface area contributed by atoms with Crippen molar-refractivity contribution in [2.75, 3.05) is 7.11 Å². The molecule has 2 aromatic rings. The second-order valence-electron chi connectivity index (χ2n) is 7.39. The molecule has 1 atom stereocenters. The zero-order valence-electron chi connectivity index (χ0n) is 14.8. The molecule has 1 N–H and O–H groups in total. The van der Waals surface area contributed by atoms with Crippen LogP contribution in [-0.2, 0) is 4.74 Å². The third-order valence-electron chi connectivity index (χ3n) is 5.35. The molecule has 0 aromatic heterocycles. The van der Waals surface area contributed by atoms with Crippen molar-refractivity contribution in [3.8, 4) is 16.9 Å². The molecule has 3 nitrogen and oxygen atoms in total. The standard InChI is InChI=1S/C21H23FO3/c1-21(2)10-4-5-18(21)16-11-13(20(24)25-3)6-8-15(16)17-12-14(23)7-9-19(17)22/h6-9,11-12,18,23H,4-5,10H2,1-3H3. The van der Waals surface area contributed by atoms with Crippen molar-refractivity contribution in [2.45, 2.75) is 39.0 Å². The van der Waals surface area contributed by atoms with E-state index in [-0.39, 0.29) is 22.9 Å². The highest BCUT2D eigenvalue weighted by Gasteiger charge is 2.37. The van der Waals surface area contributed by atoms with Gasteiger partial charge in [-0.2, -0.15) is 0 Å². The van der Waals surface area contributed by atoms with Gasteiger partial charge in [-0.25, -0.2) is 9.18 Å².